The van der Waals surface area contributed by atoms with E-state index in [1.165, 1.54) is 5.56 Å². The average Bonchev–Trinajstić information content (AvgIpc) is 2.48. The molecule has 0 aliphatic carbocycles. The molecular formula is C16H21NO2. The van der Waals surface area contributed by atoms with E-state index in [1.54, 1.807) is 0 Å². The number of aldehydes is 1. The lowest BCUT2D eigenvalue weighted by molar-refractivity contribution is -0.112. The Labute approximate surface area is 114 Å². The predicted molar refractivity (Wildman–Crippen MR) is 74.5 cm³/mol. The first-order valence-corrected chi connectivity index (χ1v) is 7.26. The molecule has 1 fully saturated rings. The van der Waals surface area contributed by atoms with Crippen molar-refractivity contribution in [3.05, 3.63) is 29.8 Å². The van der Waals surface area contributed by atoms with Gasteiger partial charge in [-0.2, -0.15) is 0 Å². The number of hydrogen-bond acceptors (Lipinski definition) is 3. The quantitative estimate of drug-likeness (QED) is 0.781. The van der Waals surface area contributed by atoms with Crippen LogP contribution in [0, 0.1) is 5.92 Å². The third kappa shape index (κ3) is 2.81. The van der Waals surface area contributed by atoms with Gasteiger partial charge in [0.05, 0.1) is 6.61 Å². The number of carbonyl (C=O) groups excluding carboxylic acids is 1. The molecule has 0 saturated carbocycles. The average molecular weight is 259 g/mol. The van der Waals surface area contributed by atoms with Gasteiger partial charge in [0.15, 0.2) is 0 Å². The highest BCUT2D eigenvalue weighted by molar-refractivity contribution is 5.54. The van der Waals surface area contributed by atoms with Gasteiger partial charge >= 0.3 is 0 Å². The van der Waals surface area contributed by atoms with E-state index < -0.39 is 0 Å². The van der Waals surface area contributed by atoms with Crippen LogP contribution in [-0.2, 0) is 4.79 Å². The van der Waals surface area contributed by atoms with E-state index in [0.29, 0.717) is 5.92 Å². The van der Waals surface area contributed by atoms with Gasteiger partial charge < -0.3 is 14.4 Å². The van der Waals surface area contributed by atoms with Crippen molar-refractivity contribution in [3.63, 3.8) is 0 Å². The number of piperidine rings is 1. The first kappa shape index (κ1) is 12.7. The lowest BCUT2D eigenvalue weighted by atomic mass is 9.91. The number of fused-ring (bicyclic) bond motifs is 1. The molecule has 1 saturated heterocycles. The highest BCUT2D eigenvalue weighted by Crippen LogP contribution is 2.34. The maximum absolute atomic E-state index is 10.9. The Balaban J connectivity index is 1.69. The zero-order chi connectivity index (χ0) is 13.1. The molecule has 1 aromatic rings. The minimum Gasteiger partial charge on any atom is -0.493 e. The predicted octanol–water partition coefficient (Wildman–Crippen LogP) is 2.46. The number of hydrogen-bond donors (Lipinski definition) is 0. The van der Waals surface area contributed by atoms with Gasteiger partial charge in [0, 0.05) is 24.9 Å². The van der Waals surface area contributed by atoms with Crippen LogP contribution in [-0.4, -0.2) is 37.4 Å². The van der Waals surface area contributed by atoms with Crippen molar-refractivity contribution in [2.24, 2.45) is 5.92 Å². The molecule has 0 spiro atoms. The van der Waals surface area contributed by atoms with Crippen molar-refractivity contribution in [1.82, 2.24) is 4.90 Å². The Morgan fingerprint density at radius 3 is 3.11 bits per heavy atom. The van der Waals surface area contributed by atoms with E-state index in [9.17, 15) is 4.79 Å². The molecule has 0 N–H and O–H groups in total. The highest BCUT2D eigenvalue weighted by atomic mass is 16.5. The Bertz CT molecular complexity index is 446. The number of nitrogens with zero attached hydrogens (tertiary/aromatic N) is 1. The summed E-state index contributed by atoms with van der Waals surface area (Å²) in [6.45, 7) is 3.93. The lowest BCUT2D eigenvalue weighted by Gasteiger charge is -2.35. The van der Waals surface area contributed by atoms with Crippen LogP contribution >= 0.6 is 0 Å². The summed E-state index contributed by atoms with van der Waals surface area (Å²) in [7, 11) is 0. The van der Waals surface area contributed by atoms with Crippen molar-refractivity contribution in [2.45, 2.75) is 25.2 Å². The van der Waals surface area contributed by atoms with E-state index in [-0.39, 0.29) is 5.92 Å². The molecule has 2 heterocycles. The number of benzene rings is 1. The molecule has 2 aliphatic rings. The van der Waals surface area contributed by atoms with Gasteiger partial charge in [-0.05, 0) is 37.4 Å². The fourth-order valence-corrected chi connectivity index (χ4v) is 3.29. The van der Waals surface area contributed by atoms with Crippen molar-refractivity contribution in [1.29, 1.82) is 0 Å². The van der Waals surface area contributed by atoms with Gasteiger partial charge in [-0.15, -0.1) is 0 Å². The van der Waals surface area contributed by atoms with Crippen molar-refractivity contribution in [2.75, 3.05) is 26.2 Å². The van der Waals surface area contributed by atoms with Crippen LogP contribution in [0.15, 0.2) is 24.3 Å². The standard InChI is InChI=1S/C16H21NO2/c18-12-13-4-3-8-17(10-13)11-14-7-9-19-16-6-2-1-5-15(14)16/h1-2,5-6,12-14H,3-4,7-11H2. The molecule has 3 heteroatoms. The Hall–Kier alpha value is -1.35. The lowest BCUT2D eigenvalue weighted by Crippen LogP contribution is -2.39. The van der Waals surface area contributed by atoms with Crippen LogP contribution in [0.1, 0.15) is 30.7 Å². The van der Waals surface area contributed by atoms with E-state index in [2.05, 4.69) is 23.1 Å². The molecule has 19 heavy (non-hydrogen) atoms. The molecule has 2 aliphatic heterocycles. The molecule has 2 atom stereocenters. The van der Waals surface area contributed by atoms with Crippen LogP contribution in [0.2, 0.25) is 0 Å². The van der Waals surface area contributed by atoms with E-state index in [0.717, 1.165) is 57.5 Å². The van der Waals surface area contributed by atoms with E-state index in [1.807, 2.05) is 6.07 Å². The number of rotatable bonds is 3. The molecule has 0 bridgehead atoms. The monoisotopic (exact) mass is 259 g/mol. The Kier molecular flexibility index (Phi) is 3.83. The topological polar surface area (TPSA) is 29.5 Å². The SMILES string of the molecule is O=CC1CCCN(CC2CCOc3ccccc32)C1. The summed E-state index contributed by atoms with van der Waals surface area (Å²) in [4.78, 5) is 13.4. The van der Waals surface area contributed by atoms with Gasteiger partial charge in [0.2, 0.25) is 0 Å². The van der Waals surface area contributed by atoms with Gasteiger partial charge in [0.25, 0.3) is 0 Å². The maximum Gasteiger partial charge on any atom is 0.124 e. The summed E-state index contributed by atoms with van der Waals surface area (Å²) >= 11 is 0. The third-order valence-corrected chi connectivity index (χ3v) is 4.30. The summed E-state index contributed by atoms with van der Waals surface area (Å²) < 4.78 is 5.71. The van der Waals surface area contributed by atoms with E-state index in [4.69, 9.17) is 4.74 Å². The van der Waals surface area contributed by atoms with Crippen molar-refractivity contribution < 1.29 is 9.53 Å². The molecule has 102 valence electrons. The second-order valence-corrected chi connectivity index (χ2v) is 5.67. The summed E-state index contributed by atoms with van der Waals surface area (Å²) in [6.07, 6.45) is 4.42. The second-order valence-electron chi connectivity index (χ2n) is 5.67. The van der Waals surface area contributed by atoms with Gasteiger partial charge in [-0.1, -0.05) is 18.2 Å². The van der Waals surface area contributed by atoms with E-state index >= 15 is 0 Å². The smallest absolute Gasteiger partial charge is 0.124 e. The molecule has 3 rings (SSSR count). The molecule has 3 nitrogen and oxygen atoms in total. The normalized spacial score (nSPS) is 27.4. The number of carbonyl (C=O) groups is 1. The molecular weight excluding hydrogens is 238 g/mol. The van der Waals surface area contributed by atoms with Crippen LogP contribution in [0.25, 0.3) is 0 Å². The first-order chi connectivity index (χ1) is 9.36. The zero-order valence-corrected chi connectivity index (χ0v) is 11.3. The summed E-state index contributed by atoms with van der Waals surface area (Å²) in [5.74, 6) is 1.84. The molecule has 1 aromatic carbocycles. The van der Waals surface area contributed by atoms with Crippen LogP contribution < -0.4 is 4.74 Å². The van der Waals surface area contributed by atoms with Crippen LogP contribution in [0.5, 0.6) is 5.75 Å². The Morgan fingerprint density at radius 1 is 1.32 bits per heavy atom. The van der Waals surface area contributed by atoms with Crippen LogP contribution in [0.3, 0.4) is 0 Å². The summed E-state index contributed by atoms with van der Waals surface area (Å²) in [6, 6.07) is 8.36. The second kappa shape index (κ2) is 5.74. The highest BCUT2D eigenvalue weighted by Gasteiger charge is 2.26. The minimum atomic E-state index is 0.240. The third-order valence-electron chi connectivity index (χ3n) is 4.30. The fraction of sp³-hybridized carbons (Fsp3) is 0.562. The Morgan fingerprint density at radius 2 is 2.21 bits per heavy atom. The zero-order valence-electron chi connectivity index (χ0n) is 11.3. The van der Waals surface area contributed by atoms with Crippen LogP contribution in [0.4, 0.5) is 0 Å². The number of ether oxygens (including phenoxy) is 1. The fourth-order valence-electron chi connectivity index (χ4n) is 3.29. The first-order valence-electron chi connectivity index (χ1n) is 7.26. The van der Waals surface area contributed by atoms with Gasteiger partial charge in [-0.25, -0.2) is 0 Å². The van der Waals surface area contributed by atoms with Crippen molar-refractivity contribution >= 4 is 6.29 Å². The summed E-state index contributed by atoms with van der Waals surface area (Å²) in [5, 5.41) is 0. The number of likely N-dealkylation sites (tertiary alicyclic amines) is 1. The molecule has 0 amide bonds. The minimum absolute atomic E-state index is 0.240. The van der Waals surface area contributed by atoms with Crippen molar-refractivity contribution in [3.8, 4) is 5.75 Å². The largest absolute Gasteiger partial charge is 0.493 e. The molecule has 0 radical (unpaired) electrons. The maximum atomic E-state index is 10.9. The molecule has 2 unspecified atom stereocenters. The molecule has 0 aromatic heterocycles. The number of para-hydroxylation sites is 1. The van der Waals surface area contributed by atoms with Gasteiger partial charge in [0.1, 0.15) is 12.0 Å². The van der Waals surface area contributed by atoms with Gasteiger partial charge in [-0.3, -0.25) is 0 Å². The summed E-state index contributed by atoms with van der Waals surface area (Å²) in [5.41, 5.74) is 1.34.